The predicted molar refractivity (Wildman–Crippen MR) is 131 cm³/mol. The molecule has 4 aromatic rings. The number of aromatic hydroxyl groups is 1. The SMILES string of the molecule is Cn1nnc(C(C)(C)Cc2c(SC(C)(C)C)c3cc(O)ccc3n2-c2ccc(Cl)cc2)n1. The first-order valence-electron chi connectivity index (χ1n) is 10.5. The third-order valence-corrected chi connectivity index (χ3v) is 6.74. The molecule has 2 aromatic carbocycles. The van der Waals surface area contributed by atoms with Gasteiger partial charge in [0.2, 0.25) is 0 Å². The Morgan fingerprint density at radius 2 is 1.72 bits per heavy atom. The molecule has 4 rings (SSSR count). The second-order valence-corrected chi connectivity index (χ2v) is 11.9. The summed E-state index contributed by atoms with van der Waals surface area (Å²) in [6.45, 7) is 10.9. The van der Waals surface area contributed by atoms with Crippen molar-refractivity contribution >= 4 is 34.3 Å². The van der Waals surface area contributed by atoms with Crippen LogP contribution in [-0.2, 0) is 18.9 Å². The van der Waals surface area contributed by atoms with Crippen molar-refractivity contribution in [3.05, 3.63) is 59.0 Å². The third-order valence-electron chi connectivity index (χ3n) is 5.21. The number of phenols is 1. The normalized spacial score (nSPS) is 12.6. The van der Waals surface area contributed by atoms with Crippen molar-refractivity contribution in [1.82, 2.24) is 24.8 Å². The highest BCUT2D eigenvalue weighted by molar-refractivity contribution is 8.00. The smallest absolute Gasteiger partial charge is 0.180 e. The van der Waals surface area contributed by atoms with E-state index in [9.17, 15) is 5.11 Å². The van der Waals surface area contributed by atoms with Crippen LogP contribution in [0.1, 0.15) is 46.1 Å². The highest BCUT2D eigenvalue weighted by atomic mass is 35.5. The Bertz CT molecular complexity index is 1270. The number of tetrazole rings is 1. The molecule has 0 radical (unpaired) electrons. The van der Waals surface area contributed by atoms with Gasteiger partial charge in [-0.15, -0.1) is 22.0 Å². The van der Waals surface area contributed by atoms with Gasteiger partial charge in [-0.05, 0) is 47.7 Å². The Balaban J connectivity index is 2.00. The summed E-state index contributed by atoms with van der Waals surface area (Å²) in [7, 11) is 1.78. The van der Waals surface area contributed by atoms with E-state index in [4.69, 9.17) is 11.6 Å². The molecule has 2 heterocycles. The summed E-state index contributed by atoms with van der Waals surface area (Å²) >= 11 is 7.99. The van der Waals surface area contributed by atoms with Crippen molar-refractivity contribution < 1.29 is 5.11 Å². The van der Waals surface area contributed by atoms with Gasteiger partial charge in [-0.3, -0.25) is 0 Å². The van der Waals surface area contributed by atoms with Crippen LogP contribution >= 0.6 is 23.4 Å². The summed E-state index contributed by atoms with van der Waals surface area (Å²) < 4.78 is 2.24. The lowest BCUT2D eigenvalue weighted by Gasteiger charge is -2.25. The molecule has 0 aliphatic rings. The summed E-state index contributed by atoms with van der Waals surface area (Å²) in [6, 6.07) is 13.4. The fraction of sp³-hybridized carbons (Fsp3) is 0.375. The molecule has 0 bridgehead atoms. The molecule has 0 saturated carbocycles. The number of nitrogens with zero attached hydrogens (tertiary/aromatic N) is 5. The van der Waals surface area contributed by atoms with Gasteiger partial charge in [-0.1, -0.05) is 46.2 Å². The number of aromatic nitrogens is 5. The number of halogens is 1. The fourth-order valence-corrected chi connectivity index (χ4v) is 5.11. The number of aryl methyl sites for hydroxylation is 1. The summed E-state index contributed by atoms with van der Waals surface area (Å²) in [6.07, 6.45) is 0.690. The molecule has 168 valence electrons. The lowest BCUT2D eigenvalue weighted by Crippen LogP contribution is -2.25. The van der Waals surface area contributed by atoms with Crippen LogP contribution in [0.5, 0.6) is 5.75 Å². The van der Waals surface area contributed by atoms with Crippen LogP contribution in [-0.4, -0.2) is 34.6 Å². The van der Waals surface area contributed by atoms with Crippen LogP contribution in [0.3, 0.4) is 0 Å². The number of rotatable bonds is 5. The molecule has 8 heteroatoms. The van der Waals surface area contributed by atoms with E-state index >= 15 is 0 Å². The molecule has 0 unspecified atom stereocenters. The molecule has 0 aliphatic heterocycles. The van der Waals surface area contributed by atoms with E-state index in [0.717, 1.165) is 27.2 Å². The minimum absolute atomic E-state index is 0.0196. The van der Waals surface area contributed by atoms with Gasteiger partial charge < -0.3 is 9.67 Å². The number of benzene rings is 2. The average Bonchev–Trinajstić information content (AvgIpc) is 3.24. The van der Waals surface area contributed by atoms with E-state index in [0.29, 0.717) is 17.3 Å². The van der Waals surface area contributed by atoms with Crippen LogP contribution in [0.15, 0.2) is 47.4 Å². The molecule has 0 amide bonds. The first-order valence-corrected chi connectivity index (χ1v) is 11.7. The highest BCUT2D eigenvalue weighted by Crippen LogP contribution is 2.45. The molecule has 0 spiro atoms. The van der Waals surface area contributed by atoms with Gasteiger partial charge >= 0.3 is 0 Å². The van der Waals surface area contributed by atoms with Crippen LogP contribution < -0.4 is 0 Å². The number of hydrogen-bond acceptors (Lipinski definition) is 5. The van der Waals surface area contributed by atoms with Gasteiger partial charge in [0, 0.05) is 43.3 Å². The quantitative estimate of drug-likeness (QED) is 0.367. The summed E-state index contributed by atoms with van der Waals surface area (Å²) in [5.41, 5.74) is 2.84. The lowest BCUT2D eigenvalue weighted by molar-refractivity contribution is 0.471. The topological polar surface area (TPSA) is 68.8 Å². The van der Waals surface area contributed by atoms with E-state index in [1.165, 1.54) is 4.80 Å². The number of thioether (sulfide) groups is 1. The number of fused-ring (bicyclic) bond motifs is 1. The highest BCUT2D eigenvalue weighted by Gasteiger charge is 2.32. The Hall–Kier alpha value is -2.51. The maximum atomic E-state index is 10.3. The zero-order valence-corrected chi connectivity index (χ0v) is 20.8. The van der Waals surface area contributed by atoms with Crippen molar-refractivity contribution in [2.45, 2.75) is 56.1 Å². The maximum absolute atomic E-state index is 10.3. The Kier molecular flexibility index (Phi) is 5.75. The second kappa shape index (κ2) is 8.12. The first kappa shape index (κ1) is 22.7. The van der Waals surface area contributed by atoms with Crippen molar-refractivity contribution in [3.63, 3.8) is 0 Å². The number of phenolic OH excluding ortho intramolecular Hbond substituents is 1. The third kappa shape index (κ3) is 4.50. The summed E-state index contributed by atoms with van der Waals surface area (Å²) in [5.74, 6) is 0.949. The molecule has 0 atom stereocenters. The molecule has 6 nitrogen and oxygen atoms in total. The summed E-state index contributed by atoms with van der Waals surface area (Å²) in [5, 5.41) is 24.9. The predicted octanol–water partition coefficient (Wildman–Crippen LogP) is 5.92. The molecule has 0 saturated heterocycles. The van der Waals surface area contributed by atoms with Gasteiger partial charge in [-0.2, -0.15) is 4.80 Å². The summed E-state index contributed by atoms with van der Waals surface area (Å²) in [4.78, 5) is 2.64. The molecular weight excluding hydrogens is 442 g/mol. The zero-order chi connectivity index (χ0) is 23.3. The van der Waals surface area contributed by atoms with Crippen molar-refractivity contribution in [2.75, 3.05) is 0 Å². The largest absolute Gasteiger partial charge is 0.508 e. The van der Waals surface area contributed by atoms with Gasteiger partial charge in [0.1, 0.15) is 5.75 Å². The Labute approximate surface area is 197 Å². The first-order chi connectivity index (χ1) is 14.9. The van der Waals surface area contributed by atoms with Crippen LogP contribution in [0.4, 0.5) is 0 Å². The molecule has 2 aromatic heterocycles. The van der Waals surface area contributed by atoms with Crippen LogP contribution in [0.2, 0.25) is 5.02 Å². The van der Waals surface area contributed by atoms with Crippen molar-refractivity contribution in [2.24, 2.45) is 7.05 Å². The molecule has 32 heavy (non-hydrogen) atoms. The molecule has 1 N–H and O–H groups in total. The van der Waals surface area contributed by atoms with Crippen LogP contribution in [0, 0.1) is 0 Å². The van der Waals surface area contributed by atoms with E-state index in [1.807, 2.05) is 36.4 Å². The van der Waals surface area contributed by atoms with Crippen molar-refractivity contribution in [3.8, 4) is 11.4 Å². The Morgan fingerprint density at radius 3 is 2.31 bits per heavy atom. The maximum Gasteiger partial charge on any atom is 0.180 e. The lowest BCUT2D eigenvalue weighted by atomic mass is 9.87. The van der Waals surface area contributed by atoms with E-state index in [1.54, 1.807) is 24.9 Å². The minimum Gasteiger partial charge on any atom is -0.508 e. The van der Waals surface area contributed by atoms with Gasteiger partial charge in [0.15, 0.2) is 5.82 Å². The minimum atomic E-state index is -0.359. The standard InChI is InChI=1S/C24H28ClN5OS/c1-23(2,3)32-21-18-13-17(31)11-12-19(18)30(16-9-7-15(25)8-10-16)20(21)14-24(4,5)22-26-28-29(6)27-22/h7-13,31H,14H2,1-6H3. The molecule has 0 fully saturated rings. The fourth-order valence-electron chi connectivity index (χ4n) is 3.82. The van der Waals surface area contributed by atoms with E-state index in [-0.39, 0.29) is 15.9 Å². The number of hydrogen-bond donors (Lipinski definition) is 1. The van der Waals surface area contributed by atoms with Crippen molar-refractivity contribution in [1.29, 1.82) is 0 Å². The Morgan fingerprint density at radius 1 is 1.03 bits per heavy atom. The second-order valence-electron chi connectivity index (χ2n) is 9.67. The van der Waals surface area contributed by atoms with Gasteiger partial charge in [0.05, 0.1) is 12.6 Å². The van der Waals surface area contributed by atoms with E-state index in [2.05, 4.69) is 54.6 Å². The average molecular weight is 470 g/mol. The molecule has 0 aliphatic carbocycles. The van der Waals surface area contributed by atoms with E-state index < -0.39 is 0 Å². The zero-order valence-electron chi connectivity index (χ0n) is 19.2. The van der Waals surface area contributed by atoms with Gasteiger partial charge in [-0.25, -0.2) is 0 Å². The van der Waals surface area contributed by atoms with Crippen LogP contribution in [0.25, 0.3) is 16.6 Å². The van der Waals surface area contributed by atoms with Gasteiger partial charge in [0.25, 0.3) is 0 Å². The molecular formula is C24H28ClN5OS. The monoisotopic (exact) mass is 469 g/mol.